The lowest BCUT2D eigenvalue weighted by molar-refractivity contribution is 0.234. The van der Waals surface area contributed by atoms with Gasteiger partial charge in [-0.05, 0) is 43.7 Å². The first kappa shape index (κ1) is 13.5. The smallest absolute Gasteiger partial charge is 0.127 e. The second kappa shape index (κ2) is 5.54. The van der Waals surface area contributed by atoms with Crippen molar-refractivity contribution in [1.82, 2.24) is 19.4 Å². The summed E-state index contributed by atoms with van der Waals surface area (Å²) in [4.78, 5) is 11.9. The monoisotopic (exact) mass is 292 g/mol. The average Bonchev–Trinajstić information content (AvgIpc) is 3.13. The minimum Gasteiger partial charge on any atom is -0.330 e. The molecule has 1 aliphatic heterocycles. The first-order chi connectivity index (χ1) is 10.8. The van der Waals surface area contributed by atoms with Crippen molar-refractivity contribution in [2.24, 2.45) is 7.05 Å². The van der Waals surface area contributed by atoms with Gasteiger partial charge in [-0.2, -0.15) is 0 Å². The van der Waals surface area contributed by atoms with Crippen molar-refractivity contribution in [3.63, 3.8) is 0 Å². The molecule has 0 spiro atoms. The molecule has 1 aliphatic rings. The standard InChI is InChI=1S/C18H20N4/c1-21-16-9-3-2-8-15(16)20-18(21)17-10-6-12-22(17)13-14-7-4-5-11-19-14/h2-5,7-9,11,17H,6,10,12-13H2,1H3/t17-/m0/s1. The summed E-state index contributed by atoms with van der Waals surface area (Å²) < 4.78 is 2.25. The van der Waals surface area contributed by atoms with Crippen LogP contribution < -0.4 is 0 Å². The van der Waals surface area contributed by atoms with E-state index >= 15 is 0 Å². The Hall–Kier alpha value is -2.20. The number of benzene rings is 1. The highest BCUT2D eigenvalue weighted by molar-refractivity contribution is 5.75. The second-order valence-electron chi connectivity index (χ2n) is 5.97. The van der Waals surface area contributed by atoms with E-state index in [1.54, 1.807) is 0 Å². The SMILES string of the molecule is Cn1c([C@@H]2CCCN2Cc2ccccn2)nc2ccccc21. The molecule has 0 saturated carbocycles. The van der Waals surface area contributed by atoms with Crippen LogP contribution in [0.3, 0.4) is 0 Å². The number of pyridine rings is 1. The Morgan fingerprint density at radius 3 is 2.82 bits per heavy atom. The Labute approximate surface area is 130 Å². The number of fused-ring (bicyclic) bond motifs is 1. The fourth-order valence-electron chi connectivity index (χ4n) is 3.47. The number of aryl methyl sites for hydroxylation is 1. The predicted octanol–water partition coefficient (Wildman–Crippen LogP) is 3.31. The minimum absolute atomic E-state index is 0.388. The maximum atomic E-state index is 4.89. The number of imidazole rings is 1. The van der Waals surface area contributed by atoms with Gasteiger partial charge in [0, 0.05) is 19.8 Å². The molecule has 1 saturated heterocycles. The van der Waals surface area contributed by atoms with Crippen LogP contribution in [0.15, 0.2) is 48.7 Å². The van der Waals surface area contributed by atoms with Crippen LogP contribution in [0.1, 0.15) is 30.4 Å². The first-order valence-electron chi connectivity index (χ1n) is 7.88. The largest absolute Gasteiger partial charge is 0.330 e. The third kappa shape index (κ3) is 2.29. The van der Waals surface area contributed by atoms with Gasteiger partial charge in [0.25, 0.3) is 0 Å². The molecular formula is C18H20N4. The summed E-state index contributed by atoms with van der Waals surface area (Å²) in [7, 11) is 2.13. The van der Waals surface area contributed by atoms with E-state index in [4.69, 9.17) is 4.98 Å². The van der Waals surface area contributed by atoms with Gasteiger partial charge in [-0.25, -0.2) is 4.98 Å². The normalized spacial score (nSPS) is 19.0. The summed E-state index contributed by atoms with van der Waals surface area (Å²) in [6.45, 7) is 2.01. The number of rotatable bonds is 3. The van der Waals surface area contributed by atoms with E-state index in [9.17, 15) is 0 Å². The predicted molar refractivity (Wildman–Crippen MR) is 87.3 cm³/mol. The maximum absolute atomic E-state index is 4.89. The third-order valence-corrected chi connectivity index (χ3v) is 4.57. The minimum atomic E-state index is 0.388. The lowest BCUT2D eigenvalue weighted by atomic mass is 10.2. The van der Waals surface area contributed by atoms with Crippen LogP contribution in [0.5, 0.6) is 0 Å². The zero-order valence-corrected chi connectivity index (χ0v) is 12.8. The zero-order valence-electron chi connectivity index (χ0n) is 12.8. The molecule has 0 aliphatic carbocycles. The molecule has 0 bridgehead atoms. The topological polar surface area (TPSA) is 34.0 Å². The number of nitrogens with zero attached hydrogens (tertiary/aromatic N) is 4. The van der Waals surface area contributed by atoms with Crippen LogP contribution in [0.25, 0.3) is 11.0 Å². The van der Waals surface area contributed by atoms with Crippen LogP contribution in [-0.2, 0) is 13.6 Å². The van der Waals surface area contributed by atoms with Gasteiger partial charge >= 0.3 is 0 Å². The molecule has 0 radical (unpaired) electrons. The molecule has 3 aromatic rings. The van der Waals surface area contributed by atoms with Crippen LogP contribution in [0, 0.1) is 0 Å². The highest BCUT2D eigenvalue weighted by atomic mass is 15.2. The van der Waals surface area contributed by atoms with Crippen LogP contribution in [0.4, 0.5) is 0 Å². The number of hydrogen-bond acceptors (Lipinski definition) is 3. The van der Waals surface area contributed by atoms with Gasteiger partial charge in [-0.15, -0.1) is 0 Å². The van der Waals surface area contributed by atoms with E-state index in [0.29, 0.717) is 6.04 Å². The molecule has 2 aromatic heterocycles. The molecular weight excluding hydrogens is 272 g/mol. The highest BCUT2D eigenvalue weighted by Gasteiger charge is 2.29. The summed E-state index contributed by atoms with van der Waals surface area (Å²) in [5.74, 6) is 1.18. The van der Waals surface area contributed by atoms with Crippen LogP contribution >= 0.6 is 0 Å². The molecule has 3 heterocycles. The molecule has 22 heavy (non-hydrogen) atoms. The van der Waals surface area contributed by atoms with Gasteiger partial charge in [0.2, 0.25) is 0 Å². The van der Waals surface area contributed by atoms with Gasteiger partial charge in [-0.3, -0.25) is 9.88 Å². The lowest BCUT2D eigenvalue weighted by Gasteiger charge is -2.23. The number of para-hydroxylation sites is 2. The quantitative estimate of drug-likeness (QED) is 0.742. The lowest BCUT2D eigenvalue weighted by Crippen LogP contribution is -2.25. The van der Waals surface area contributed by atoms with Crippen molar-refractivity contribution in [2.75, 3.05) is 6.54 Å². The van der Waals surface area contributed by atoms with E-state index in [1.807, 2.05) is 12.3 Å². The van der Waals surface area contributed by atoms with Gasteiger partial charge in [-0.1, -0.05) is 18.2 Å². The summed E-state index contributed by atoms with van der Waals surface area (Å²) in [5, 5.41) is 0. The van der Waals surface area contributed by atoms with Gasteiger partial charge in [0.05, 0.1) is 22.8 Å². The van der Waals surface area contributed by atoms with Crippen LogP contribution in [-0.4, -0.2) is 26.0 Å². The molecule has 1 aromatic carbocycles. The van der Waals surface area contributed by atoms with Gasteiger partial charge in [0.15, 0.2) is 0 Å². The third-order valence-electron chi connectivity index (χ3n) is 4.57. The molecule has 4 nitrogen and oxygen atoms in total. The Kier molecular flexibility index (Phi) is 3.39. The highest BCUT2D eigenvalue weighted by Crippen LogP contribution is 2.33. The molecule has 0 amide bonds. The van der Waals surface area contributed by atoms with E-state index in [0.717, 1.165) is 24.3 Å². The Morgan fingerprint density at radius 2 is 2.00 bits per heavy atom. The summed E-state index contributed by atoms with van der Waals surface area (Å²) in [5.41, 5.74) is 3.43. The van der Waals surface area contributed by atoms with Crippen LogP contribution in [0.2, 0.25) is 0 Å². The fourth-order valence-corrected chi connectivity index (χ4v) is 3.47. The summed E-state index contributed by atoms with van der Waals surface area (Å²) in [6, 6.07) is 14.9. The van der Waals surface area contributed by atoms with E-state index < -0.39 is 0 Å². The maximum Gasteiger partial charge on any atom is 0.127 e. The Balaban J connectivity index is 1.66. The number of aromatic nitrogens is 3. The van der Waals surface area contributed by atoms with Gasteiger partial charge < -0.3 is 4.57 Å². The van der Waals surface area contributed by atoms with E-state index in [1.165, 1.54) is 24.2 Å². The fraction of sp³-hybridized carbons (Fsp3) is 0.333. The molecule has 0 unspecified atom stereocenters. The van der Waals surface area contributed by atoms with Crippen molar-refractivity contribution in [3.8, 4) is 0 Å². The molecule has 4 heteroatoms. The van der Waals surface area contributed by atoms with Crippen molar-refractivity contribution in [3.05, 3.63) is 60.2 Å². The second-order valence-corrected chi connectivity index (χ2v) is 5.97. The number of hydrogen-bond donors (Lipinski definition) is 0. The molecule has 112 valence electrons. The molecule has 1 atom stereocenters. The van der Waals surface area contributed by atoms with Crippen molar-refractivity contribution in [2.45, 2.75) is 25.4 Å². The molecule has 1 fully saturated rings. The van der Waals surface area contributed by atoms with Gasteiger partial charge in [0.1, 0.15) is 5.82 Å². The number of likely N-dealkylation sites (tertiary alicyclic amines) is 1. The average molecular weight is 292 g/mol. The Morgan fingerprint density at radius 1 is 1.14 bits per heavy atom. The van der Waals surface area contributed by atoms with Crippen molar-refractivity contribution >= 4 is 11.0 Å². The molecule has 0 N–H and O–H groups in total. The van der Waals surface area contributed by atoms with E-state index in [2.05, 4.69) is 57.9 Å². The summed E-state index contributed by atoms with van der Waals surface area (Å²) in [6.07, 6.45) is 4.26. The van der Waals surface area contributed by atoms with E-state index in [-0.39, 0.29) is 0 Å². The van der Waals surface area contributed by atoms with Crippen molar-refractivity contribution in [1.29, 1.82) is 0 Å². The zero-order chi connectivity index (χ0) is 14.9. The first-order valence-corrected chi connectivity index (χ1v) is 7.88. The molecule has 4 rings (SSSR count). The van der Waals surface area contributed by atoms with Crippen molar-refractivity contribution < 1.29 is 0 Å². The summed E-state index contributed by atoms with van der Waals surface area (Å²) >= 11 is 0. The Bertz CT molecular complexity index is 778.